The third kappa shape index (κ3) is 3.96. The van der Waals surface area contributed by atoms with E-state index in [1.807, 2.05) is 6.07 Å². The summed E-state index contributed by atoms with van der Waals surface area (Å²) in [7, 11) is 0. The summed E-state index contributed by atoms with van der Waals surface area (Å²) in [6.45, 7) is 0. The first-order chi connectivity index (χ1) is 12.5. The minimum Gasteiger partial charge on any atom is -0.339 e. The van der Waals surface area contributed by atoms with Crippen LogP contribution >= 0.6 is 0 Å². The maximum atomic E-state index is 13.2. The van der Waals surface area contributed by atoms with E-state index in [9.17, 15) is 13.6 Å². The van der Waals surface area contributed by atoms with E-state index in [0.29, 0.717) is 17.1 Å². The first-order valence-electron chi connectivity index (χ1n) is 7.42. The average Bonchev–Trinajstić information content (AvgIpc) is 2.65. The van der Waals surface area contributed by atoms with Crippen molar-refractivity contribution in [3.8, 4) is 6.07 Å². The largest absolute Gasteiger partial charge is 0.339 e. The molecule has 128 valence electrons. The highest BCUT2D eigenvalue weighted by Crippen LogP contribution is 2.16. The maximum absolute atomic E-state index is 13.2. The topological polar surface area (TPSA) is 90.7 Å². The maximum Gasteiger partial charge on any atom is 0.276 e. The molecule has 0 unspecified atom stereocenters. The lowest BCUT2D eigenvalue weighted by molar-refractivity contribution is 0.102. The molecule has 1 amide bonds. The van der Waals surface area contributed by atoms with Crippen molar-refractivity contribution in [2.24, 2.45) is 0 Å². The molecule has 0 spiro atoms. The van der Waals surface area contributed by atoms with Crippen LogP contribution in [0, 0.1) is 23.0 Å². The van der Waals surface area contributed by atoms with Gasteiger partial charge in [-0.05, 0) is 42.5 Å². The third-order valence-electron chi connectivity index (χ3n) is 3.34. The molecule has 3 rings (SSSR count). The highest BCUT2D eigenvalue weighted by Gasteiger charge is 2.10. The van der Waals surface area contributed by atoms with Gasteiger partial charge in [-0.25, -0.2) is 8.78 Å². The van der Waals surface area contributed by atoms with Crippen LogP contribution in [0.5, 0.6) is 0 Å². The second-order valence-corrected chi connectivity index (χ2v) is 5.20. The number of nitrogens with zero attached hydrogens (tertiary/aromatic N) is 3. The van der Waals surface area contributed by atoms with Gasteiger partial charge in [0.2, 0.25) is 0 Å². The molecule has 0 aliphatic heterocycles. The fourth-order valence-electron chi connectivity index (χ4n) is 2.10. The Balaban J connectivity index is 1.69. The number of rotatable bonds is 4. The Morgan fingerprint density at radius 2 is 1.81 bits per heavy atom. The molecule has 26 heavy (non-hydrogen) atoms. The number of nitrogens with one attached hydrogen (secondary N) is 2. The van der Waals surface area contributed by atoms with Gasteiger partial charge in [0.1, 0.15) is 0 Å². The summed E-state index contributed by atoms with van der Waals surface area (Å²) in [6, 6.07) is 14.8. The Hall–Kier alpha value is -3.86. The molecule has 1 aromatic heterocycles. The van der Waals surface area contributed by atoms with Crippen LogP contribution in [0.25, 0.3) is 0 Å². The van der Waals surface area contributed by atoms with Crippen LogP contribution in [0.1, 0.15) is 16.1 Å². The van der Waals surface area contributed by atoms with Crippen molar-refractivity contribution in [2.75, 3.05) is 10.6 Å². The Morgan fingerprint density at radius 3 is 2.50 bits per heavy atom. The Morgan fingerprint density at radius 1 is 0.962 bits per heavy atom. The second-order valence-electron chi connectivity index (χ2n) is 5.20. The smallest absolute Gasteiger partial charge is 0.276 e. The predicted molar refractivity (Wildman–Crippen MR) is 90.8 cm³/mol. The summed E-state index contributed by atoms with van der Waals surface area (Å²) in [6.07, 6.45) is 0. The Labute approximate surface area is 147 Å². The van der Waals surface area contributed by atoms with Gasteiger partial charge in [-0.15, -0.1) is 10.2 Å². The predicted octanol–water partition coefficient (Wildman–Crippen LogP) is 3.62. The number of anilines is 3. The molecule has 0 aliphatic carbocycles. The summed E-state index contributed by atoms with van der Waals surface area (Å²) >= 11 is 0. The molecule has 0 saturated heterocycles. The van der Waals surface area contributed by atoms with Gasteiger partial charge in [-0.2, -0.15) is 5.26 Å². The summed E-state index contributed by atoms with van der Waals surface area (Å²) in [5.74, 6) is -2.29. The standard InChI is InChI=1S/C18H11F2N5O/c19-14-5-4-13(9-15(14)20)23-18(26)16-6-7-17(25-24-16)22-12-3-1-2-11(8-12)10-21/h1-9H,(H,22,25)(H,23,26). The number of halogens is 2. The minimum atomic E-state index is -1.06. The van der Waals surface area contributed by atoms with Gasteiger partial charge >= 0.3 is 0 Å². The fraction of sp³-hybridized carbons (Fsp3) is 0. The lowest BCUT2D eigenvalue weighted by Crippen LogP contribution is -2.14. The quantitative estimate of drug-likeness (QED) is 0.749. The van der Waals surface area contributed by atoms with Crippen molar-refractivity contribution in [3.63, 3.8) is 0 Å². The van der Waals surface area contributed by atoms with Gasteiger partial charge in [-0.3, -0.25) is 4.79 Å². The van der Waals surface area contributed by atoms with Gasteiger partial charge < -0.3 is 10.6 Å². The van der Waals surface area contributed by atoms with E-state index in [1.165, 1.54) is 18.2 Å². The van der Waals surface area contributed by atoms with Gasteiger partial charge in [0.25, 0.3) is 5.91 Å². The molecule has 3 aromatic rings. The van der Waals surface area contributed by atoms with E-state index in [-0.39, 0.29) is 11.4 Å². The molecule has 0 saturated carbocycles. The summed E-state index contributed by atoms with van der Waals surface area (Å²) in [5, 5.41) is 21.9. The van der Waals surface area contributed by atoms with Gasteiger partial charge in [-0.1, -0.05) is 6.07 Å². The zero-order valence-electron chi connectivity index (χ0n) is 13.2. The van der Waals surface area contributed by atoms with Gasteiger partial charge in [0, 0.05) is 17.4 Å². The van der Waals surface area contributed by atoms with Crippen LogP contribution in [0.3, 0.4) is 0 Å². The number of carbonyl (C=O) groups excluding carboxylic acids is 1. The fourth-order valence-corrected chi connectivity index (χ4v) is 2.10. The molecule has 1 heterocycles. The van der Waals surface area contributed by atoms with Crippen molar-refractivity contribution in [2.45, 2.75) is 0 Å². The summed E-state index contributed by atoms with van der Waals surface area (Å²) < 4.78 is 26.1. The lowest BCUT2D eigenvalue weighted by atomic mass is 10.2. The van der Waals surface area contributed by atoms with Crippen LogP contribution in [-0.4, -0.2) is 16.1 Å². The number of amides is 1. The van der Waals surface area contributed by atoms with Crippen molar-refractivity contribution in [1.82, 2.24) is 10.2 Å². The minimum absolute atomic E-state index is 0.00561. The second kappa shape index (κ2) is 7.36. The van der Waals surface area contributed by atoms with Crippen LogP contribution in [0.2, 0.25) is 0 Å². The number of hydrogen-bond acceptors (Lipinski definition) is 5. The Bertz CT molecular complexity index is 999. The molecule has 0 fully saturated rings. The molecule has 0 aliphatic rings. The van der Waals surface area contributed by atoms with Crippen LogP contribution in [0.4, 0.5) is 26.0 Å². The molecular formula is C18H11F2N5O. The van der Waals surface area contributed by atoms with E-state index in [4.69, 9.17) is 5.26 Å². The zero-order valence-corrected chi connectivity index (χ0v) is 13.2. The molecule has 8 heteroatoms. The van der Waals surface area contributed by atoms with Crippen molar-refractivity contribution >= 4 is 23.1 Å². The number of carbonyl (C=O) groups is 1. The lowest BCUT2D eigenvalue weighted by Gasteiger charge is -2.07. The highest BCUT2D eigenvalue weighted by molar-refractivity contribution is 6.02. The normalized spacial score (nSPS) is 10.0. The molecule has 0 bridgehead atoms. The first kappa shape index (κ1) is 17.0. The van der Waals surface area contributed by atoms with Crippen LogP contribution in [0.15, 0.2) is 54.6 Å². The summed E-state index contributed by atoms with van der Waals surface area (Å²) in [5.41, 5.74) is 1.25. The van der Waals surface area contributed by atoms with Crippen LogP contribution in [-0.2, 0) is 0 Å². The molecule has 2 aromatic carbocycles. The molecule has 0 radical (unpaired) electrons. The van der Waals surface area contributed by atoms with Crippen molar-refractivity contribution in [1.29, 1.82) is 5.26 Å². The molecular weight excluding hydrogens is 340 g/mol. The van der Waals surface area contributed by atoms with E-state index in [2.05, 4.69) is 20.8 Å². The monoisotopic (exact) mass is 351 g/mol. The molecule has 6 nitrogen and oxygen atoms in total. The first-order valence-corrected chi connectivity index (χ1v) is 7.42. The molecule has 2 N–H and O–H groups in total. The number of aromatic nitrogens is 2. The van der Waals surface area contributed by atoms with E-state index < -0.39 is 17.5 Å². The number of hydrogen-bond donors (Lipinski definition) is 2. The SMILES string of the molecule is N#Cc1cccc(Nc2ccc(C(=O)Nc3ccc(F)c(F)c3)nn2)c1. The van der Waals surface area contributed by atoms with Crippen molar-refractivity contribution < 1.29 is 13.6 Å². The van der Waals surface area contributed by atoms with Gasteiger partial charge in [0.05, 0.1) is 11.6 Å². The highest BCUT2D eigenvalue weighted by atomic mass is 19.2. The third-order valence-corrected chi connectivity index (χ3v) is 3.34. The number of benzene rings is 2. The number of nitriles is 1. The zero-order chi connectivity index (χ0) is 18.5. The molecule has 0 atom stereocenters. The van der Waals surface area contributed by atoms with E-state index in [0.717, 1.165) is 12.1 Å². The van der Waals surface area contributed by atoms with Gasteiger partial charge in [0.15, 0.2) is 23.1 Å². The average molecular weight is 351 g/mol. The van der Waals surface area contributed by atoms with Crippen molar-refractivity contribution in [3.05, 3.63) is 77.5 Å². The summed E-state index contributed by atoms with van der Waals surface area (Å²) in [4.78, 5) is 12.1. The van der Waals surface area contributed by atoms with E-state index in [1.54, 1.807) is 24.3 Å². The van der Waals surface area contributed by atoms with Crippen LogP contribution < -0.4 is 10.6 Å². The van der Waals surface area contributed by atoms with E-state index >= 15 is 0 Å². The Kier molecular flexibility index (Phi) is 4.80.